The van der Waals surface area contributed by atoms with Gasteiger partial charge >= 0.3 is 0 Å². The molecule has 2 aromatic rings. The maximum atomic E-state index is 12.4. The Hall–Kier alpha value is -1.61. The average Bonchev–Trinajstić information content (AvgIpc) is 2.36. The van der Waals surface area contributed by atoms with Crippen LogP contribution in [0.5, 0.6) is 5.75 Å². The molecule has 0 aromatic heterocycles. The molecule has 3 heteroatoms. The van der Waals surface area contributed by atoms with Crippen LogP contribution >= 0.6 is 15.9 Å². The molecule has 0 unspecified atom stereocenters. The summed E-state index contributed by atoms with van der Waals surface area (Å²) in [6.07, 6.45) is 0. The van der Waals surface area contributed by atoms with Crippen LogP contribution in [0.15, 0.2) is 40.9 Å². The molecular formula is C16H15BrO2. The van der Waals surface area contributed by atoms with E-state index in [0.29, 0.717) is 11.1 Å². The fraction of sp³-hybridized carbons (Fsp3) is 0.188. The van der Waals surface area contributed by atoms with Gasteiger partial charge in [-0.1, -0.05) is 15.9 Å². The predicted molar refractivity (Wildman–Crippen MR) is 80.0 cm³/mol. The molecular weight excluding hydrogens is 304 g/mol. The van der Waals surface area contributed by atoms with Crippen molar-refractivity contribution in [1.29, 1.82) is 0 Å². The third-order valence-corrected chi connectivity index (χ3v) is 3.42. The van der Waals surface area contributed by atoms with Crippen molar-refractivity contribution in [1.82, 2.24) is 0 Å². The van der Waals surface area contributed by atoms with Crippen molar-refractivity contribution < 1.29 is 9.53 Å². The monoisotopic (exact) mass is 318 g/mol. The van der Waals surface area contributed by atoms with E-state index in [2.05, 4.69) is 15.9 Å². The molecule has 2 nitrogen and oxygen atoms in total. The van der Waals surface area contributed by atoms with Crippen LogP contribution in [0.25, 0.3) is 0 Å². The highest BCUT2D eigenvalue weighted by Gasteiger charge is 2.11. The number of rotatable bonds is 3. The summed E-state index contributed by atoms with van der Waals surface area (Å²) in [7, 11) is 1.63. The van der Waals surface area contributed by atoms with Crippen LogP contribution in [0.1, 0.15) is 27.0 Å². The van der Waals surface area contributed by atoms with Crippen molar-refractivity contribution in [2.45, 2.75) is 13.8 Å². The second-order valence-corrected chi connectivity index (χ2v) is 5.45. The average molecular weight is 319 g/mol. The van der Waals surface area contributed by atoms with Crippen molar-refractivity contribution in [3.05, 3.63) is 63.1 Å². The van der Waals surface area contributed by atoms with E-state index in [9.17, 15) is 4.79 Å². The Morgan fingerprint density at radius 1 is 1.05 bits per heavy atom. The molecule has 0 fully saturated rings. The van der Waals surface area contributed by atoms with Crippen molar-refractivity contribution in [3.8, 4) is 5.75 Å². The van der Waals surface area contributed by atoms with Gasteiger partial charge in [0.1, 0.15) is 5.75 Å². The molecule has 0 saturated carbocycles. The molecule has 0 aliphatic carbocycles. The number of methoxy groups -OCH3 is 1. The molecule has 19 heavy (non-hydrogen) atoms. The third-order valence-electron chi connectivity index (χ3n) is 2.96. The summed E-state index contributed by atoms with van der Waals surface area (Å²) in [4.78, 5) is 12.4. The molecule has 0 amide bonds. The lowest BCUT2D eigenvalue weighted by Crippen LogP contribution is -2.02. The van der Waals surface area contributed by atoms with Gasteiger partial charge in [-0.05, 0) is 61.4 Å². The van der Waals surface area contributed by atoms with E-state index in [4.69, 9.17) is 4.74 Å². The SMILES string of the molecule is COc1ccc(C(=O)c2cc(C)cc(Br)c2)cc1C. The van der Waals surface area contributed by atoms with Gasteiger partial charge in [0.2, 0.25) is 0 Å². The van der Waals surface area contributed by atoms with E-state index in [1.54, 1.807) is 13.2 Å². The highest BCUT2D eigenvalue weighted by Crippen LogP contribution is 2.22. The minimum absolute atomic E-state index is 0.0233. The van der Waals surface area contributed by atoms with Gasteiger partial charge in [-0.2, -0.15) is 0 Å². The lowest BCUT2D eigenvalue weighted by molar-refractivity contribution is 0.103. The molecule has 0 spiro atoms. The van der Waals surface area contributed by atoms with Gasteiger partial charge in [0, 0.05) is 15.6 Å². The fourth-order valence-electron chi connectivity index (χ4n) is 2.05. The first kappa shape index (κ1) is 13.8. The lowest BCUT2D eigenvalue weighted by atomic mass is 10.00. The van der Waals surface area contributed by atoms with Gasteiger partial charge in [-0.3, -0.25) is 4.79 Å². The van der Waals surface area contributed by atoms with E-state index in [0.717, 1.165) is 21.3 Å². The van der Waals surface area contributed by atoms with Crippen molar-refractivity contribution in [2.75, 3.05) is 7.11 Å². The molecule has 0 aliphatic heterocycles. The van der Waals surface area contributed by atoms with E-state index >= 15 is 0 Å². The number of carbonyl (C=O) groups excluding carboxylic acids is 1. The van der Waals surface area contributed by atoms with Crippen LogP contribution in [0.2, 0.25) is 0 Å². The number of carbonyl (C=O) groups is 1. The largest absolute Gasteiger partial charge is 0.496 e. The summed E-state index contributed by atoms with van der Waals surface area (Å²) < 4.78 is 6.12. The molecule has 2 rings (SSSR count). The van der Waals surface area contributed by atoms with Gasteiger partial charge in [-0.15, -0.1) is 0 Å². The van der Waals surface area contributed by atoms with Gasteiger partial charge in [-0.25, -0.2) is 0 Å². The van der Waals surface area contributed by atoms with Crippen LogP contribution in [-0.2, 0) is 0 Å². The topological polar surface area (TPSA) is 26.3 Å². The zero-order chi connectivity index (χ0) is 14.0. The predicted octanol–water partition coefficient (Wildman–Crippen LogP) is 4.31. The number of ether oxygens (including phenoxy) is 1. The number of halogens is 1. The minimum atomic E-state index is 0.0233. The second kappa shape index (κ2) is 5.57. The lowest BCUT2D eigenvalue weighted by Gasteiger charge is -2.08. The first-order valence-electron chi connectivity index (χ1n) is 5.98. The Morgan fingerprint density at radius 2 is 1.79 bits per heavy atom. The van der Waals surface area contributed by atoms with Crippen LogP contribution in [-0.4, -0.2) is 12.9 Å². The molecule has 0 N–H and O–H groups in total. The summed E-state index contributed by atoms with van der Waals surface area (Å²) in [5, 5.41) is 0. The van der Waals surface area contributed by atoms with Crippen LogP contribution in [0, 0.1) is 13.8 Å². The zero-order valence-electron chi connectivity index (χ0n) is 11.2. The summed E-state index contributed by atoms with van der Waals surface area (Å²) in [5.74, 6) is 0.817. The molecule has 0 bridgehead atoms. The quantitative estimate of drug-likeness (QED) is 0.788. The third kappa shape index (κ3) is 3.04. The Balaban J connectivity index is 2.41. The molecule has 98 valence electrons. The first-order valence-corrected chi connectivity index (χ1v) is 6.77. The Morgan fingerprint density at radius 3 is 2.37 bits per heavy atom. The van der Waals surface area contributed by atoms with E-state index < -0.39 is 0 Å². The Kier molecular flexibility index (Phi) is 4.05. The summed E-state index contributed by atoms with van der Waals surface area (Å²) in [6.45, 7) is 3.91. The Labute approximate surface area is 121 Å². The summed E-state index contributed by atoms with van der Waals surface area (Å²) >= 11 is 3.42. The van der Waals surface area contributed by atoms with Crippen molar-refractivity contribution >= 4 is 21.7 Å². The van der Waals surface area contributed by atoms with Gasteiger partial charge in [0.15, 0.2) is 5.78 Å². The Bertz CT molecular complexity index is 612. The van der Waals surface area contributed by atoms with Gasteiger partial charge < -0.3 is 4.74 Å². The summed E-state index contributed by atoms with van der Waals surface area (Å²) in [6, 6.07) is 11.2. The smallest absolute Gasteiger partial charge is 0.193 e. The van der Waals surface area contributed by atoms with E-state index in [1.165, 1.54) is 0 Å². The number of hydrogen-bond donors (Lipinski definition) is 0. The zero-order valence-corrected chi connectivity index (χ0v) is 12.7. The van der Waals surface area contributed by atoms with E-state index in [1.807, 2.05) is 44.2 Å². The molecule has 2 aromatic carbocycles. The first-order chi connectivity index (χ1) is 9.01. The number of ketones is 1. The number of aryl methyl sites for hydroxylation is 2. The van der Waals surface area contributed by atoms with Crippen molar-refractivity contribution in [2.24, 2.45) is 0 Å². The maximum Gasteiger partial charge on any atom is 0.193 e. The fourth-order valence-corrected chi connectivity index (χ4v) is 2.66. The van der Waals surface area contributed by atoms with Crippen LogP contribution in [0.4, 0.5) is 0 Å². The highest BCUT2D eigenvalue weighted by molar-refractivity contribution is 9.10. The molecule has 0 saturated heterocycles. The molecule has 0 radical (unpaired) electrons. The van der Waals surface area contributed by atoms with Gasteiger partial charge in [0.25, 0.3) is 0 Å². The molecule has 0 aliphatic rings. The maximum absolute atomic E-state index is 12.4. The highest BCUT2D eigenvalue weighted by atomic mass is 79.9. The van der Waals surface area contributed by atoms with Crippen LogP contribution < -0.4 is 4.74 Å². The minimum Gasteiger partial charge on any atom is -0.496 e. The van der Waals surface area contributed by atoms with Crippen molar-refractivity contribution in [3.63, 3.8) is 0 Å². The summed E-state index contributed by atoms with van der Waals surface area (Å²) in [5.41, 5.74) is 3.38. The van der Waals surface area contributed by atoms with E-state index in [-0.39, 0.29) is 5.78 Å². The standard InChI is InChI=1S/C16H15BrO2/c1-10-6-13(9-14(17)7-10)16(18)12-4-5-15(19-3)11(2)8-12/h4-9H,1-3H3. The van der Waals surface area contributed by atoms with Crippen LogP contribution in [0.3, 0.4) is 0 Å². The molecule has 0 atom stereocenters. The molecule has 0 heterocycles. The second-order valence-electron chi connectivity index (χ2n) is 4.53. The number of benzene rings is 2. The number of hydrogen-bond acceptors (Lipinski definition) is 2. The normalized spacial score (nSPS) is 10.3. The van der Waals surface area contributed by atoms with Gasteiger partial charge in [0.05, 0.1) is 7.11 Å².